The first-order valence-corrected chi connectivity index (χ1v) is 13.6. The number of rotatable bonds is 8. The van der Waals surface area contributed by atoms with E-state index in [-0.39, 0.29) is 36.2 Å². The Balaban J connectivity index is 1.49. The van der Waals surface area contributed by atoms with E-state index in [9.17, 15) is 9.59 Å². The van der Waals surface area contributed by atoms with Crippen molar-refractivity contribution in [1.82, 2.24) is 4.90 Å². The van der Waals surface area contributed by atoms with Gasteiger partial charge in [0.25, 0.3) is 0 Å². The second kappa shape index (κ2) is 12.6. The molecule has 0 bridgehead atoms. The molecule has 0 heterocycles. The standard InChI is InChI=1S/C29H38ClN3O3/c1-36-24-14-11-20(12-15-24)17-28(34)32-23-13-16-25(30)22(18-23)19-33(27-10-6-5-9-26(27)31)29(35)21-7-3-2-4-8-21/h11-16,18,21,26-27H,2-10,17,19,31H2,1H3,(H,32,34). The Morgan fingerprint density at radius 3 is 2.39 bits per heavy atom. The number of nitrogens with two attached hydrogens (primary N) is 1. The van der Waals surface area contributed by atoms with Crippen molar-refractivity contribution in [1.29, 1.82) is 0 Å². The van der Waals surface area contributed by atoms with E-state index in [1.54, 1.807) is 19.2 Å². The Hall–Kier alpha value is -2.57. The van der Waals surface area contributed by atoms with Crippen molar-refractivity contribution in [2.75, 3.05) is 12.4 Å². The molecule has 0 aliphatic heterocycles. The number of carbonyl (C=O) groups is 2. The maximum Gasteiger partial charge on any atom is 0.228 e. The zero-order valence-electron chi connectivity index (χ0n) is 21.2. The van der Waals surface area contributed by atoms with Crippen LogP contribution in [0.15, 0.2) is 42.5 Å². The SMILES string of the molecule is COc1ccc(CC(=O)Nc2ccc(Cl)c(CN(C(=O)C3CCCCC3)C3CCCCC3N)c2)cc1. The second-order valence-electron chi connectivity index (χ2n) is 10.2. The summed E-state index contributed by atoms with van der Waals surface area (Å²) in [5.41, 5.74) is 8.94. The van der Waals surface area contributed by atoms with Gasteiger partial charge in [0.2, 0.25) is 11.8 Å². The average Bonchev–Trinajstić information content (AvgIpc) is 2.90. The van der Waals surface area contributed by atoms with E-state index in [1.807, 2.05) is 35.2 Å². The molecule has 2 aliphatic rings. The summed E-state index contributed by atoms with van der Waals surface area (Å²) in [6.07, 6.45) is 9.64. The van der Waals surface area contributed by atoms with Gasteiger partial charge in [-0.2, -0.15) is 0 Å². The third kappa shape index (κ3) is 6.80. The lowest BCUT2D eigenvalue weighted by Gasteiger charge is -2.41. The number of nitrogens with one attached hydrogen (secondary N) is 1. The van der Waals surface area contributed by atoms with Gasteiger partial charge in [0.15, 0.2) is 0 Å². The monoisotopic (exact) mass is 511 g/mol. The summed E-state index contributed by atoms with van der Waals surface area (Å²) in [4.78, 5) is 28.4. The zero-order valence-corrected chi connectivity index (χ0v) is 21.9. The summed E-state index contributed by atoms with van der Waals surface area (Å²) in [5.74, 6) is 0.922. The highest BCUT2D eigenvalue weighted by Crippen LogP contribution is 2.32. The fourth-order valence-corrected chi connectivity index (χ4v) is 5.74. The van der Waals surface area contributed by atoms with Crippen molar-refractivity contribution in [3.63, 3.8) is 0 Å². The van der Waals surface area contributed by atoms with E-state index in [0.717, 1.165) is 68.2 Å². The molecule has 2 atom stereocenters. The van der Waals surface area contributed by atoms with Gasteiger partial charge in [-0.25, -0.2) is 0 Å². The minimum atomic E-state index is -0.113. The number of hydrogen-bond acceptors (Lipinski definition) is 4. The Labute approximate surface area is 219 Å². The lowest BCUT2D eigenvalue weighted by Crippen LogP contribution is -2.53. The lowest BCUT2D eigenvalue weighted by molar-refractivity contribution is -0.141. The molecular formula is C29H38ClN3O3. The third-order valence-electron chi connectivity index (χ3n) is 7.61. The summed E-state index contributed by atoms with van der Waals surface area (Å²) in [5, 5.41) is 3.58. The number of hydrogen-bond donors (Lipinski definition) is 2. The molecule has 0 saturated heterocycles. The quantitative estimate of drug-likeness (QED) is 0.475. The Bertz CT molecular complexity index is 1040. The molecule has 2 unspecified atom stereocenters. The number of carbonyl (C=O) groups excluding carboxylic acids is 2. The Morgan fingerprint density at radius 2 is 1.69 bits per heavy atom. The molecule has 194 valence electrons. The Morgan fingerprint density at radius 1 is 1.00 bits per heavy atom. The van der Waals surface area contributed by atoms with Gasteiger partial charge in [0.05, 0.1) is 13.5 Å². The number of amides is 2. The zero-order chi connectivity index (χ0) is 25.5. The topological polar surface area (TPSA) is 84.7 Å². The van der Waals surface area contributed by atoms with Gasteiger partial charge in [-0.1, -0.05) is 55.8 Å². The molecule has 0 aromatic heterocycles. The molecule has 36 heavy (non-hydrogen) atoms. The molecule has 4 rings (SSSR count). The first-order chi connectivity index (χ1) is 17.4. The normalized spacial score (nSPS) is 20.5. The van der Waals surface area contributed by atoms with Crippen LogP contribution < -0.4 is 15.8 Å². The smallest absolute Gasteiger partial charge is 0.228 e. The average molecular weight is 512 g/mol. The van der Waals surface area contributed by atoms with Crippen molar-refractivity contribution in [2.45, 2.75) is 82.8 Å². The van der Waals surface area contributed by atoms with Crippen LogP contribution in [0.3, 0.4) is 0 Å². The van der Waals surface area contributed by atoms with Crippen molar-refractivity contribution < 1.29 is 14.3 Å². The van der Waals surface area contributed by atoms with Gasteiger partial charge in [0, 0.05) is 35.3 Å². The molecule has 2 aromatic rings. The summed E-state index contributed by atoms with van der Waals surface area (Å²) < 4.78 is 5.18. The molecule has 2 saturated carbocycles. The summed E-state index contributed by atoms with van der Waals surface area (Å²) in [6.45, 7) is 0.411. The van der Waals surface area contributed by atoms with Gasteiger partial charge >= 0.3 is 0 Å². The van der Waals surface area contributed by atoms with E-state index >= 15 is 0 Å². The van der Waals surface area contributed by atoms with Crippen molar-refractivity contribution >= 4 is 29.1 Å². The maximum absolute atomic E-state index is 13.7. The number of anilines is 1. The third-order valence-corrected chi connectivity index (χ3v) is 7.98. The van der Waals surface area contributed by atoms with Gasteiger partial charge in [-0.05, 0) is 67.1 Å². The molecule has 2 aromatic carbocycles. The second-order valence-corrected chi connectivity index (χ2v) is 10.6. The molecule has 2 amide bonds. The number of methoxy groups -OCH3 is 1. The van der Waals surface area contributed by atoms with Crippen LogP contribution in [0.1, 0.15) is 68.9 Å². The van der Waals surface area contributed by atoms with Crippen LogP contribution in [0.2, 0.25) is 5.02 Å². The van der Waals surface area contributed by atoms with E-state index in [1.165, 1.54) is 6.42 Å². The van der Waals surface area contributed by atoms with Crippen LogP contribution in [0.25, 0.3) is 0 Å². The molecule has 7 heteroatoms. The predicted octanol–water partition coefficient (Wildman–Crippen LogP) is 5.71. The van der Waals surface area contributed by atoms with Crippen LogP contribution in [0.5, 0.6) is 5.75 Å². The summed E-state index contributed by atoms with van der Waals surface area (Å²) in [6, 6.07) is 13.0. The molecule has 2 fully saturated rings. The molecule has 2 aliphatic carbocycles. The fourth-order valence-electron chi connectivity index (χ4n) is 5.56. The Kier molecular flexibility index (Phi) is 9.27. The predicted molar refractivity (Wildman–Crippen MR) is 144 cm³/mol. The first-order valence-electron chi connectivity index (χ1n) is 13.2. The number of halogens is 1. The van der Waals surface area contributed by atoms with Gasteiger partial charge in [0.1, 0.15) is 5.75 Å². The molecule has 3 N–H and O–H groups in total. The lowest BCUT2D eigenvalue weighted by atomic mass is 9.85. The van der Waals surface area contributed by atoms with Crippen LogP contribution in [0, 0.1) is 5.92 Å². The minimum absolute atomic E-state index is 0.0163. The number of benzene rings is 2. The van der Waals surface area contributed by atoms with Crippen molar-refractivity contribution in [3.05, 3.63) is 58.6 Å². The van der Waals surface area contributed by atoms with Crippen LogP contribution in [-0.4, -0.2) is 35.9 Å². The van der Waals surface area contributed by atoms with E-state index in [4.69, 9.17) is 22.1 Å². The number of ether oxygens (including phenoxy) is 1. The van der Waals surface area contributed by atoms with Crippen LogP contribution in [-0.2, 0) is 22.6 Å². The first kappa shape index (κ1) is 26.5. The van der Waals surface area contributed by atoms with Crippen LogP contribution in [0.4, 0.5) is 5.69 Å². The molecule has 0 spiro atoms. The highest BCUT2D eigenvalue weighted by atomic mass is 35.5. The summed E-state index contributed by atoms with van der Waals surface area (Å²) >= 11 is 6.61. The van der Waals surface area contributed by atoms with E-state index < -0.39 is 0 Å². The molecular weight excluding hydrogens is 474 g/mol. The largest absolute Gasteiger partial charge is 0.497 e. The minimum Gasteiger partial charge on any atom is -0.497 e. The van der Waals surface area contributed by atoms with Crippen molar-refractivity contribution in [2.24, 2.45) is 11.7 Å². The van der Waals surface area contributed by atoms with Gasteiger partial charge < -0.3 is 20.7 Å². The van der Waals surface area contributed by atoms with E-state index in [0.29, 0.717) is 17.3 Å². The molecule has 6 nitrogen and oxygen atoms in total. The number of nitrogens with zero attached hydrogens (tertiary/aromatic N) is 1. The molecule has 0 radical (unpaired) electrons. The highest BCUT2D eigenvalue weighted by Gasteiger charge is 2.35. The van der Waals surface area contributed by atoms with Crippen LogP contribution >= 0.6 is 11.6 Å². The maximum atomic E-state index is 13.7. The van der Waals surface area contributed by atoms with Gasteiger partial charge in [-0.15, -0.1) is 0 Å². The highest BCUT2D eigenvalue weighted by molar-refractivity contribution is 6.31. The fraction of sp³-hybridized carbons (Fsp3) is 0.517. The summed E-state index contributed by atoms with van der Waals surface area (Å²) in [7, 11) is 1.62. The van der Waals surface area contributed by atoms with Gasteiger partial charge in [-0.3, -0.25) is 9.59 Å². The van der Waals surface area contributed by atoms with E-state index in [2.05, 4.69) is 5.32 Å². The van der Waals surface area contributed by atoms with Crippen molar-refractivity contribution in [3.8, 4) is 5.75 Å².